The van der Waals surface area contributed by atoms with Gasteiger partial charge < -0.3 is 10.0 Å². The van der Waals surface area contributed by atoms with E-state index in [9.17, 15) is 9.18 Å². The summed E-state index contributed by atoms with van der Waals surface area (Å²) in [6.07, 6.45) is 8.72. The molecule has 0 saturated carbocycles. The predicted octanol–water partition coefficient (Wildman–Crippen LogP) is 2.42. The highest BCUT2D eigenvalue weighted by Crippen LogP contribution is 2.39. The SMILES string of the molecule is CN1C=C2C(=C(C3=CCN(CC(=O)O)CC3)C1)NN=C1C=Cc3cc(F)cc2c31. The lowest BCUT2D eigenvalue weighted by Crippen LogP contribution is -2.35. The second-order valence-corrected chi connectivity index (χ2v) is 7.78. The van der Waals surface area contributed by atoms with E-state index in [-0.39, 0.29) is 12.4 Å². The Morgan fingerprint density at radius 1 is 1.34 bits per heavy atom. The van der Waals surface area contributed by atoms with E-state index < -0.39 is 5.97 Å². The number of hydrogen-bond donors (Lipinski definition) is 2. The number of carboxylic acid groups (broad SMARTS) is 1. The van der Waals surface area contributed by atoms with Gasteiger partial charge in [0.2, 0.25) is 0 Å². The number of hydrazone groups is 1. The summed E-state index contributed by atoms with van der Waals surface area (Å²) in [4.78, 5) is 15.0. The van der Waals surface area contributed by atoms with E-state index in [0.717, 1.165) is 52.2 Å². The van der Waals surface area contributed by atoms with Crippen molar-refractivity contribution in [3.8, 4) is 0 Å². The van der Waals surface area contributed by atoms with Gasteiger partial charge >= 0.3 is 5.97 Å². The molecule has 6 nitrogen and oxygen atoms in total. The molecule has 148 valence electrons. The van der Waals surface area contributed by atoms with Crippen LogP contribution in [0.4, 0.5) is 4.39 Å². The van der Waals surface area contributed by atoms with Gasteiger partial charge in [-0.2, -0.15) is 5.10 Å². The molecule has 0 spiro atoms. The van der Waals surface area contributed by atoms with Crippen LogP contribution >= 0.6 is 0 Å². The number of halogens is 1. The molecule has 0 fully saturated rings. The second kappa shape index (κ2) is 6.70. The highest BCUT2D eigenvalue weighted by atomic mass is 19.1. The third-order valence-corrected chi connectivity index (χ3v) is 5.76. The third kappa shape index (κ3) is 3.07. The van der Waals surface area contributed by atoms with Crippen LogP contribution in [-0.2, 0) is 4.79 Å². The molecule has 0 aromatic heterocycles. The minimum Gasteiger partial charge on any atom is -0.480 e. The molecule has 29 heavy (non-hydrogen) atoms. The van der Waals surface area contributed by atoms with Crippen LogP contribution in [0.2, 0.25) is 0 Å². The Hall–Kier alpha value is -3.19. The lowest BCUT2D eigenvalue weighted by atomic mass is 9.88. The number of allylic oxidation sites excluding steroid dienone is 2. The monoisotopic (exact) mass is 392 g/mol. The number of rotatable bonds is 3. The summed E-state index contributed by atoms with van der Waals surface area (Å²) in [6, 6.07) is 3.13. The van der Waals surface area contributed by atoms with Crippen molar-refractivity contribution in [2.75, 3.05) is 33.2 Å². The zero-order valence-corrected chi connectivity index (χ0v) is 16.1. The van der Waals surface area contributed by atoms with Gasteiger partial charge in [-0.1, -0.05) is 12.2 Å². The van der Waals surface area contributed by atoms with E-state index in [1.165, 1.54) is 5.57 Å². The predicted molar refractivity (Wildman–Crippen MR) is 110 cm³/mol. The molecule has 1 aliphatic carbocycles. The minimum atomic E-state index is -0.809. The largest absolute Gasteiger partial charge is 0.480 e. The minimum absolute atomic E-state index is 0.0500. The standard InChI is InChI=1S/C22H21FN4O2/c1-26-10-17(13-4-6-27(7-5-13)12-20(28)29)22-18(11-26)16-9-15(23)8-14-2-3-19(21(14)16)24-25-22/h2-4,8-9,11,25H,5-7,10,12H2,1H3,(H,28,29). The quantitative estimate of drug-likeness (QED) is 0.827. The highest BCUT2D eigenvalue weighted by Gasteiger charge is 2.30. The molecule has 1 aromatic rings. The summed E-state index contributed by atoms with van der Waals surface area (Å²) >= 11 is 0. The molecule has 0 unspecified atom stereocenters. The van der Waals surface area contributed by atoms with Gasteiger partial charge in [-0.25, -0.2) is 4.39 Å². The number of nitrogens with zero attached hydrogens (tertiary/aromatic N) is 3. The maximum absolute atomic E-state index is 14.3. The van der Waals surface area contributed by atoms with Crippen LogP contribution < -0.4 is 5.43 Å². The first-order valence-electron chi connectivity index (χ1n) is 9.65. The van der Waals surface area contributed by atoms with Gasteiger partial charge in [0.1, 0.15) is 5.82 Å². The van der Waals surface area contributed by atoms with Crippen LogP contribution in [-0.4, -0.2) is 59.8 Å². The average molecular weight is 392 g/mol. The molecule has 0 saturated heterocycles. The van der Waals surface area contributed by atoms with Crippen molar-refractivity contribution < 1.29 is 14.3 Å². The van der Waals surface area contributed by atoms with Crippen LogP contribution in [0.1, 0.15) is 23.1 Å². The van der Waals surface area contributed by atoms with E-state index in [0.29, 0.717) is 13.1 Å². The number of carboxylic acids is 1. The maximum atomic E-state index is 14.3. The van der Waals surface area contributed by atoms with Crippen molar-refractivity contribution in [3.05, 3.63) is 69.8 Å². The smallest absolute Gasteiger partial charge is 0.317 e. The molecule has 3 heterocycles. The molecular weight excluding hydrogens is 371 g/mol. The summed E-state index contributed by atoms with van der Waals surface area (Å²) in [5.74, 6) is -1.07. The fourth-order valence-corrected chi connectivity index (χ4v) is 4.45. The Morgan fingerprint density at radius 3 is 2.97 bits per heavy atom. The van der Waals surface area contributed by atoms with Gasteiger partial charge in [0.25, 0.3) is 0 Å². The summed E-state index contributed by atoms with van der Waals surface area (Å²) in [6.45, 7) is 2.07. The lowest BCUT2D eigenvalue weighted by Gasteiger charge is -2.32. The molecule has 4 aliphatic rings. The Balaban J connectivity index is 1.59. The summed E-state index contributed by atoms with van der Waals surface area (Å²) in [7, 11) is 2.01. The van der Waals surface area contributed by atoms with Gasteiger partial charge in [-0.05, 0) is 41.3 Å². The lowest BCUT2D eigenvalue weighted by molar-refractivity contribution is -0.138. The van der Waals surface area contributed by atoms with Crippen LogP contribution in [0.15, 0.2) is 52.4 Å². The van der Waals surface area contributed by atoms with Crippen molar-refractivity contribution in [3.63, 3.8) is 0 Å². The van der Waals surface area contributed by atoms with Gasteiger partial charge in [-0.3, -0.25) is 15.1 Å². The third-order valence-electron chi connectivity index (χ3n) is 5.76. The van der Waals surface area contributed by atoms with Crippen LogP contribution in [0, 0.1) is 5.82 Å². The van der Waals surface area contributed by atoms with Gasteiger partial charge in [-0.15, -0.1) is 0 Å². The Labute approximate surface area is 168 Å². The molecule has 0 atom stereocenters. The summed E-state index contributed by atoms with van der Waals surface area (Å²) in [5.41, 5.74) is 10.9. The molecule has 0 amide bonds. The molecule has 1 aromatic carbocycles. The Morgan fingerprint density at radius 2 is 2.21 bits per heavy atom. The molecule has 0 bridgehead atoms. The van der Waals surface area contributed by atoms with Crippen molar-refractivity contribution in [2.45, 2.75) is 6.42 Å². The normalized spacial score (nSPS) is 20.3. The fraction of sp³-hybridized carbons (Fsp3) is 0.273. The van der Waals surface area contributed by atoms with Crippen molar-refractivity contribution in [1.82, 2.24) is 15.2 Å². The van der Waals surface area contributed by atoms with Crippen LogP contribution in [0.3, 0.4) is 0 Å². The van der Waals surface area contributed by atoms with Crippen LogP contribution in [0.25, 0.3) is 11.6 Å². The molecule has 7 heteroatoms. The number of likely N-dealkylation sites (N-methyl/N-ethyl adjacent to an activating group) is 1. The number of hydrogen-bond acceptors (Lipinski definition) is 5. The van der Waals surface area contributed by atoms with E-state index in [2.05, 4.69) is 21.5 Å². The zero-order valence-electron chi connectivity index (χ0n) is 16.1. The second-order valence-electron chi connectivity index (χ2n) is 7.78. The maximum Gasteiger partial charge on any atom is 0.317 e. The fourth-order valence-electron chi connectivity index (χ4n) is 4.45. The first-order valence-corrected chi connectivity index (χ1v) is 9.65. The van der Waals surface area contributed by atoms with Crippen molar-refractivity contribution in [2.24, 2.45) is 5.10 Å². The topological polar surface area (TPSA) is 68.2 Å². The number of carbonyl (C=O) groups is 1. The summed E-state index contributed by atoms with van der Waals surface area (Å²) < 4.78 is 14.3. The van der Waals surface area contributed by atoms with Gasteiger partial charge in [0.15, 0.2) is 0 Å². The van der Waals surface area contributed by atoms with Gasteiger partial charge in [0, 0.05) is 49.6 Å². The number of nitrogens with one attached hydrogen (secondary N) is 1. The first-order chi connectivity index (χ1) is 14.0. The number of fused-ring (bicyclic) bond motifs is 2. The number of aliphatic carboxylic acids is 1. The molecule has 3 aliphatic heterocycles. The van der Waals surface area contributed by atoms with E-state index in [4.69, 9.17) is 5.11 Å². The Kier molecular flexibility index (Phi) is 4.13. The molecule has 0 radical (unpaired) electrons. The molecule has 2 N–H and O–H groups in total. The van der Waals surface area contributed by atoms with E-state index in [1.807, 2.05) is 30.3 Å². The number of benzene rings is 1. The molecule has 5 rings (SSSR count). The average Bonchev–Trinajstić information content (AvgIpc) is 3.01. The Bertz CT molecular complexity index is 1080. The highest BCUT2D eigenvalue weighted by molar-refractivity contribution is 6.20. The van der Waals surface area contributed by atoms with Gasteiger partial charge in [0.05, 0.1) is 18.0 Å². The van der Waals surface area contributed by atoms with Crippen molar-refractivity contribution >= 4 is 23.3 Å². The van der Waals surface area contributed by atoms with Crippen molar-refractivity contribution in [1.29, 1.82) is 0 Å². The zero-order chi connectivity index (χ0) is 20.1. The van der Waals surface area contributed by atoms with Crippen LogP contribution in [0.5, 0.6) is 0 Å². The molecular formula is C22H21FN4O2. The summed E-state index contributed by atoms with van der Waals surface area (Å²) in [5, 5.41) is 13.6. The first kappa shape index (κ1) is 17.9. The van der Waals surface area contributed by atoms with E-state index in [1.54, 1.807) is 12.1 Å². The van der Waals surface area contributed by atoms with E-state index >= 15 is 0 Å².